The Morgan fingerprint density at radius 1 is 1.53 bits per heavy atom. The molecule has 1 saturated carbocycles. The van der Waals surface area contributed by atoms with Crippen LogP contribution in [0.4, 0.5) is 11.5 Å². The number of hydrogen-bond donors (Lipinski definition) is 2. The smallest absolute Gasteiger partial charge is 0.252 e. The molecule has 0 aliphatic heterocycles. The summed E-state index contributed by atoms with van der Waals surface area (Å²) in [6, 6.07) is 1.48. The van der Waals surface area contributed by atoms with E-state index in [1.807, 2.05) is 20.2 Å². The summed E-state index contributed by atoms with van der Waals surface area (Å²) < 4.78 is 1.76. The van der Waals surface area contributed by atoms with Crippen molar-refractivity contribution in [2.24, 2.45) is 7.05 Å². The standard InChI is InChI=1S/C13H17N5O/c1-3-9-10(7-18(2)17-9)14-11-6-12(19)16-13(15-11)8-4-5-8/h6-8H,3-5H2,1-2H3,(H2,14,15,16,19). The maximum Gasteiger partial charge on any atom is 0.252 e. The first-order valence-electron chi connectivity index (χ1n) is 6.56. The van der Waals surface area contributed by atoms with Crippen LogP contribution in [0.3, 0.4) is 0 Å². The van der Waals surface area contributed by atoms with Crippen LogP contribution < -0.4 is 10.9 Å². The van der Waals surface area contributed by atoms with Crippen molar-refractivity contribution in [1.29, 1.82) is 0 Å². The third-order valence-electron chi connectivity index (χ3n) is 3.23. The first-order valence-corrected chi connectivity index (χ1v) is 6.56. The summed E-state index contributed by atoms with van der Waals surface area (Å²) in [5.74, 6) is 1.80. The lowest BCUT2D eigenvalue weighted by molar-refractivity contribution is 0.746. The van der Waals surface area contributed by atoms with Crippen LogP contribution in [0.15, 0.2) is 17.1 Å². The van der Waals surface area contributed by atoms with E-state index in [0.717, 1.165) is 36.5 Å². The van der Waals surface area contributed by atoms with Crippen LogP contribution in [-0.4, -0.2) is 19.7 Å². The Bertz CT molecular complexity index is 653. The highest BCUT2D eigenvalue weighted by Crippen LogP contribution is 2.37. The summed E-state index contributed by atoms with van der Waals surface area (Å²) in [6.45, 7) is 2.05. The molecule has 19 heavy (non-hydrogen) atoms. The molecule has 0 amide bonds. The molecule has 0 radical (unpaired) electrons. The molecule has 1 fully saturated rings. The van der Waals surface area contributed by atoms with Crippen LogP contribution in [0.25, 0.3) is 0 Å². The lowest BCUT2D eigenvalue weighted by atomic mass is 10.3. The molecule has 0 unspecified atom stereocenters. The van der Waals surface area contributed by atoms with Crippen LogP contribution in [0.2, 0.25) is 0 Å². The highest BCUT2D eigenvalue weighted by Gasteiger charge is 2.26. The fourth-order valence-electron chi connectivity index (χ4n) is 2.13. The van der Waals surface area contributed by atoms with Gasteiger partial charge in [0.1, 0.15) is 11.6 Å². The number of nitrogens with one attached hydrogen (secondary N) is 2. The summed E-state index contributed by atoms with van der Waals surface area (Å²) in [6.07, 6.45) is 4.96. The summed E-state index contributed by atoms with van der Waals surface area (Å²) in [7, 11) is 1.88. The maximum absolute atomic E-state index is 11.6. The summed E-state index contributed by atoms with van der Waals surface area (Å²) >= 11 is 0. The van der Waals surface area contributed by atoms with Crippen molar-refractivity contribution < 1.29 is 0 Å². The van der Waals surface area contributed by atoms with Crippen molar-refractivity contribution in [2.75, 3.05) is 5.32 Å². The molecule has 0 bridgehead atoms. The van der Waals surface area contributed by atoms with Gasteiger partial charge in [0.2, 0.25) is 0 Å². The second-order valence-corrected chi connectivity index (χ2v) is 4.93. The van der Waals surface area contributed by atoms with Gasteiger partial charge in [0.05, 0.1) is 11.4 Å². The van der Waals surface area contributed by atoms with Crippen LogP contribution in [-0.2, 0) is 13.5 Å². The van der Waals surface area contributed by atoms with Crippen molar-refractivity contribution in [3.8, 4) is 0 Å². The number of aromatic amines is 1. The first-order chi connectivity index (χ1) is 9.15. The summed E-state index contributed by atoms with van der Waals surface area (Å²) in [5.41, 5.74) is 1.77. The Morgan fingerprint density at radius 2 is 2.32 bits per heavy atom. The lowest BCUT2D eigenvalue weighted by Gasteiger charge is -2.06. The first kappa shape index (κ1) is 12.0. The summed E-state index contributed by atoms with van der Waals surface area (Å²) in [4.78, 5) is 18.9. The molecule has 2 N–H and O–H groups in total. The normalized spacial score (nSPS) is 14.6. The van der Waals surface area contributed by atoms with E-state index >= 15 is 0 Å². The molecule has 6 heteroatoms. The van der Waals surface area contributed by atoms with E-state index in [-0.39, 0.29) is 5.56 Å². The number of hydrogen-bond acceptors (Lipinski definition) is 4. The van der Waals surface area contributed by atoms with Crippen molar-refractivity contribution in [3.63, 3.8) is 0 Å². The minimum atomic E-state index is -0.110. The number of anilines is 2. The number of aryl methyl sites for hydroxylation is 2. The number of aromatic nitrogens is 4. The SMILES string of the molecule is CCc1nn(C)cc1Nc1cc(=O)[nH]c(C2CC2)n1. The minimum absolute atomic E-state index is 0.110. The highest BCUT2D eigenvalue weighted by atomic mass is 16.1. The van der Waals surface area contributed by atoms with E-state index in [0.29, 0.717) is 11.7 Å². The van der Waals surface area contributed by atoms with Crippen LogP contribution >= 0.6 is 0 Å². The van der Waals surface area contributed by atoms with Crippen molar-refractivity contribution in [2.45, 2.75) is 32.1 Å². The van der Waals surface area contributed by atoms with Gasteiger partial charge in [-0.1, -0.05) is 6.92 Å². The molecule has 3 rings (SSSR count). The third-order valence-corrected chi connectivity index (χ3v) is 3.23. The van der Waals surface area contributed by atoms with Gasteiger partial charge in [-0.05, 0) is 19.3 Å². The topological polar surface area (TPSA) is 75.6 Å². The predicted octanol–water partition coefficient (Wildman–Crippen LogP) is 1.69. The Labute approximate surface area is 110 Å². The molecule has 6 nitrogen and oxygen atoms in total. The molecule has 1 aliphatic carbocycles. The van der Waals surface area contributed by atoms with E-state index in [2.05, 4.69) is 20.4 Å². The number of nitrogens with zero attached hydrogens (tertiary/aromatic N) is 3. The van der Waals surface area contributed by atoms with E-state index in [1.54, 1.807) is 4.68 Å². The highest BCUT2D eigenvalue weighted by molar-refractivity contribution is 5.57. The Balaban J connectivity index is 1.91. The van der Waals surface area contributed by atoms with E-state index < -0.39 is 0 Å². The molecule has 100 valence electrons. The van der Waals surface area contributed by atoms with E-state index in [4.69, 9.17) is 0 Å². The van der Waals surface area contributed by atoms with Gasteiger partial charge >= 0.3 is 0 Å². The molecule has 0 saturated heterocycles. The van der Waals surface area contributed by atoms with Crippen molar-refractivity contribution in [3.05, 3.63) is 34.1 Å². The number of H-pyrrole nitrogens is 1. The average molecular weight is 259 g/mol. The monoisotopic (exact) mass is 259 g/mol. The Morgan fingerprint density at radius 3 is 3.00 bits per heavy atom. The zero-order valence-electron chi connectivity index (χ0n) is 11.1. The maximum atomic E-state index is 11.6. The van der Waals surface area contributed by atoms with Gasteiger partial charge in [-0.2, -0.15) is 5.10 Å². The third kappa shape index (κ3) is 2.52. The van der Waals surface area contributed by atoms with Crippen molar-refractivity contribution in [1.82, 2.24) is 19.7 Å². The molecule has 0 atom stereocenters. The second-order valence-electron chi connectivity index (χ2n) is 4.93. The average Bonchev–Trinajstić information content (AvgIpc) is 3.14. The molecule has 0 spiro atoms. The molecule has 2 heterocycles. The molecular formula is C13H17N5O. The van der Waals surface area contributed by atoms with Gasteiger partial charge in [0.15, 0.2) is 0 Å². The van der Waals surface area contributed by atoms with Gasteiger partial charge in [-0.3, -0.25) is 9.48 Å². The second kappa shape index (κ2) is 4.53. The van der Waals surface area contributed by atoms with Crippen molar-refractivity contribution >= 4 is 11.5 Å². The van der Waals surface area contributed by atoms with Gasteiger partial charge in [0.25, 0.3) is 5.56 Å². The van der Waals surface area contributed by atoms with Crippen LogP contribution in [0, 0.1) is 0 Å². The van der Waals surface area contributed by atoms with Gasteiger partial charge in [-0.15, -0.1) is 0 Å². The summed E-state index contributed by atoms with van der Waals surface area (Å²) in [5, 5.41) is 7.55. The molecule has 0 aromatic carbocycles. The van der Waals surface area contributed by atoms with Crippen LogP contribution in [0.1, 0.15) is 37.2 Å². The van der Waals surface area contributed by atoms with E-state index in [9.17, 15) is 4.79 Å². The van der Waals surface area contributed by atoms with Gasteiger partial charge in [0, 0.05) is 25.2 Å². The lowest BCUT2D eigenvalue weighted by Crippen LogP contribution is -2.11. The predicted molar refractivity (Wildman–Crippen MR) is 72.7 cm³/mol. The largest absolute Gasteiger partial charge is 0.337 e. The fraction of sp³-hybridized carbons (Fsp3) is 0.462. The van der Waals surface area contributed by atoms with Crippen LogP contribution in [0.5, 0.6) is 0 Å². The molecule has 2 aromatic rings. The van der Waals surface area contributed by atoms with E-state index in [1.165, 1.54) is 6.07 Å². The van der Waals surface area contributed by atoms with Gasteiger partial charge in [-0.25, -0.2) is 4.98 Å². The molecule has 1 aliphatic rings. The molecular weight excluding hydrogens is 242 g/mol. The quantitative estimate of drug-likeness (QED) is 0.876. The Kier molecular flexibility index (Phi) is 2.85. The zero-order chi connectivity index (χ0) is 13.4. The molecule has 2 aromatic heterocycles. The van der Waals surface area contributed by atoms with Gasteiger partial charge < -0.3 is 10.3 Å². The fourth-order valence-corrected chi connectivity index (χ4v) is 2.13. The minimum Gasteiger partial charge on any atom is -0.337 e. The Hall–Kier alpha value is -2.11. The number of rotatable bonds is 4. The zero-order valence-corrected chi connectivity index (χ0v) is 11.1.